The molecule has 0 bridgehead atoms. The predicted molar refractivity (Wildman–Crippen MR) is 47.2 cm³/mol. The summed E-state index contributed by atoms with van der Waals surface area (Å²) in [4.78, 5) is 0. The highest BCUT2D eigenvalue weighted by Gasteiger charge is 2.40. The van der Waals surface area contributed by atoms with Gasteiger partial charge < -0.3 is 20.1 Å². The monoisotopic (exact) mass is 190 g/mol. The lowest BCUT2D eigenvalue weighted by Crippen LogP contribution is -2.27. The third-order valence-corrected chi connectivity index (χ3v) is 2.84. The highest BCUT2D eigenvalue weighted by molar-refractivity contribution is 4.90. The summed E-state index contributed by atoms with van der Waals surface area (Å²) in [6.45, 7) is 0.498. The van der Waals surface area contributed by atoms with Crippen LogP contribution in [-0.4, -0.2) is 47.9 Å². The van der Waals surface area contributed by atoms with Gasteiger partial charge in [-0.25, -0.2) is 0 Å². The predicted octanol–water partition coefficient (Wildman–Crippen LogP) is -0.627. The fraction of sp³-hybridized carbons (Fsp3) is 1.00. The lowest BCUT2D eigenvalue weighted by Gasteiger charge is -2.21. The molecule has 1 aliphatic carbocycles. The van der Waals surface area contributed by atoms with Crippen LogP contribution in [0.2, 0.25) is 0 Å². The Hall–Kier alpha value is -0.160. The third-order valence-electron chi connectivity index (χ3n) is 2.84. The Kier molecular flexibility index (Phi) is 4.12. The van der Waals surface area contributed by atoms with Gasteiger partial charge in [0.05, 0.1) is 18.8 Å². The molecule has 1 aliphatic rings. The van der Waals surface area contributed by atoms with Crippen LogP contribution in [0.5, 0.6) is 0 Å². The van der Waals surface area contributed by atoms with Gasteiger partial charge in [-0.2, -0.15) is 0 Å². The van der Waals surface area contributed by atoms with Gasteiger partial charge in [-0.3, -0.25) is 0 Å². The molecular weight excluding hydrogens is 172 g/mol. The van der Waals surface area contributed by atoms with Crippen molar-refractivity contribution in [2.24, 2.45) is 11.8 Å². The molecule has 0 aliphatic heterocycles. The first-order valence-electron chi connectivity index (χ1n) is 4.66. The normalized spacial score (nSPS) is 39.7. The average Bonchev–Trinajstić information content (AvgIpc) is 2.33. The summed E-state index contributed by atoms with van der Waals surface area (Å²) in [5, 5.41) is 27.9. The zero-order valence-corrected chi connectivity index (χ0v) is 7.89. The minimum atomic E-state index is -0.498. The van der Waals surface area contributed by atoms with E-state index in [1.54, 1.807) is 7.11 Å². The molecule has 3 N–H and O–H groups in total. The molecule has 1 saturated carbocycles. The first-order chi connectivity index (χ1) is 6.20. The van der Waals surface area contributed by atoms with Crippen LogP contribution in [0.15, 0.2) is 0 Å². The summed E-state index contributed by atoms with van der Waals surface area (Å²) in [5.41, 5.74) is 0. The van der Waals surface area contributed by atoms with Crippen molar-refractivity contribution in [3.05, 3.63) is 0 Å². The van der Waals surface area contributed by atoms with E-state index in [9.17, 15) is 10.2 Å². The summed E-state index contributed by atoms with van der Waals surface area (Å²) < 4.78 is 4.97. The molecule has 4 heteroatoms. The van der Waals surface area contributed by atoms with Gasteiger partial charge in [-0.15, -0.1) is 0 Å². The Labute approximate surface area is 78.1 Å². The Morgan fingerprint density at radius 2 is 1.85 bits per heavy atom. The molecule has 1 fully saturated rings. The smallest absolute Gasteiger partial charge is 0.0618 e. The number of aliphatic hydroxyl groups excluding tert-OH is 3. The van der Waals surface area contributed by atoms with E-state index in [4.69, 9.17) is 9.84 Å². The molecule has 0 heterocycles. The van der Waals surface area contributed by atoms with Gasteiger partial charge in [0.2, 0.25) is 0 Å². The average molecular weight is 190 g/mol. The second-order valence-electron chi connectivity index (χ2n) is 3.67. The maximum Gasteiger partial charge on any atom is 0.0618 e. The fourth-order valence-corrected chi connectivity index (χ4v) is 2.15. The van der Waals surface area contributed by atoms with E-state index in [2.05, 4.69) is 0 Å². The van der Waals surface area contributed by atoms with Crippen LogP contribution in [0.3, 0.4) is 0 Å². The molecule has 0 aromatic heterocycles. The van der Waals surface area contributed by atoms with Gasteiger partial charge in [-0.05, 0) is 18.8 Å². The maximum atomic E-state index is 9.57. The lowest BCUT2D eigenvalue weighted by molar-refractivity contribution is 0.0371. The highest BCUT2D eigenvalue weighted by atomic mass is 16.5. The van der Waals surface area contributed by atoms with E-state index in [0.29, 0.717) is 19.4 Å². The standard InChI is InChI=1S/C9H18O4/c1-13-5-7-6(2-3-10)8(11)4-9(7)12/h6-12H,2-5H2,1H3/t6-,7-,8+,9-/m1/s1. The van der Waals surface area contributed by atoms with E-state index >= 15 is 0 Å². The second-order valence-corrected chi connectivity index (χ2v) is 3.67. The zero-order valence-electron chi connectivity index (χ0n) is 7.89. The maximum absolute atomic E-state index is 9.57. The Bertz CT molecular complexity index is 135. The van der Waals surface area contributed by atoms with Crippen LogP contribution in [0.25, 0.3) is 0 Å². The molecule has 4 atom stereocenters. The van der Waals surface area contributed by atoms with Gasteiger partial charge >= 0.3 is 0 Å². The van der Waals surface area contributed by atoms with Crippen molar-refractivity contribution in [3.63, 3.8) is 0 Å². The second kappa shape index (κ2) is 4.91. The van der Waals surface area contributed by atoms with E-state index in [-0.39, 0.29) is 18.4 Å². The number of aliphatic hydroxyl groups is 3. The van der Waals surface area contributed by atoms with E-state index in [1.807, 2.05) is 0 Å². The molecule has 0 amide bonds. The fourth-order valence-electron chi connectivity index (χ4n) is 2.15. The summed E-state index contributed by atoms with van der Waals surface area (Å²) in [7, 11) is 1.58. The van der Waals surface area contributed by atoms with Crippen molar-refractivity contribution in [2.45, 2.75) is 25.0 Å². The highest BCUT2D eigenvalue weighted by Crippen LogP contribution is 2.34. The lowest BCUT2D eigenvalue weighted by atomic mass is 9.92. The Morgan fingerprint density at radius 1 is 1.23 bits per heavy atom. The molecule has 13 heavy (non-hydrogen) atoms. The van der Waals surface area contributed by atoms with Crippen molar-refractivity contribution in [1.82, 2.24) is 0 Å². The van der Waals surface area contributed by atoms with Gasteiger partial charge in [0, 0.05) is 19.6 Å². The first kappa shape index (κ1) is 10.9. The van der Waals surface area contributed by atoms with E-state index < -0.39 is 12.2 Å². The number of rotatable bonds is 4. The number of hydrogen-bond acceptors (Lipinski definition) is 4. The molecular formula is C9H18O4. The summed E-state index contributed by atoms with van der Waals surface area (Å²) in [6.07, 6.45) is -0.0564. The van der Waals surface area contributed by atoms with Crippen LogP contribution in [0.4, 0.5) is 0 Å². The zero-order chi connectivity index (χ0) is 9.84. The van der Waals surface area contributed by atoms with E-state index in [1.165, 1.54) is 0 Å². The molecule has 1 rings (SSSR count). The van der Waals surface area contributed by atoms with Crippen molar-refractivity contribution < 1.29 is 20.1 Å². The van der Waals surface area contributed by atoms with Crippen LogP contribution >= 0.6 is 0 Å². The molecule has 0 unspecified atom stereocenters. The Morgan fingerprint density at radius 3 is 2.38 bits per heavy atom. The molecule has 4 nitrogen and oxygen atoms in total. The summed E-state index contributed by atoms with van der Waals surface area (Å²) in [5.74, 6) is -0.0629. The molecule has 0 saturated heterocycles. The van der Waals surface area contributed by atoms with Crippen molar-refractivity contribution in [2.75, 3.05) is 20.3 Å². The van der Waals surface area contributed by atoms with Crippen molar-refractivity contribution in [3.8, 4) is 0 Å². The van der Waals surface area contributed by atoms with Gasteiger partial charge in [0.1, 0.15) is 0 Å². The van der Waals surface area contributed by atoms with Crippen LogP contribution in [0.1, 0.15) is 12.8 Å². The van der Waals surface area contributed by atoms with Crippen LogP contribution < -0.4 is 0 Å². The summed E-state index contributed by atoms with van der Waals surface area (Å²) >= 11 is 0. The summed E-state index contributed by atoms with van der Waals surface area (Å²) in [6, 6.07) is 0. The Balaban J connectivity index is 2.54. The van der Waals surface area contributed by atoms with E-state index in [0.717, 1.165) is 0 Å². The van der Waals surface area contributed by atoms with Gasteiger partial charge in [-0.1, -0.05) is 0 Å². The van der Waals surface area contributed by atoms with Crippen molar-refractivity contribution >= 4 is 0 Å². The topological polar surface area (TPSA) is 69.9 Å². The largest absolute Gasteiger partial charge is 0.396 e. The molecule has 0 aromatic carbocycles. The number of methoxy groups -OCH3 is 1. The quantitative estimate of drug-likeness (QED) is 0.552. The molecule has 0 aromatic rings. The number of ether oxygens (including phenoxy) is 1. The van der Waals surface area contributed by atoms with Crippen molar-refractivity contribution in [1.29, 1.82) is 0 Å². The van der Waals surface area contributed by atoms with Gasteiger partial charge in [0.15, 0.2) is 0 Å². The van der Waals surface area contributed by atoms with Crippen LogP contribution in [-0.2, 0) is 4.74 Å². The molecule has 78 valence electrons. The molecule has 0 spiro atoms. The first-order valence-corrected chi connectivity index (χ1v) is 4.66. The number of hydrogen-bond donors (Lipinski definition) is 3. The minimum Gasteiger partial charge on any atom is -0.396 e. The minimum absolute atomic E-state index is 0.0278. The third kappa shape index (κ3) is 2.40. The molecule has 0 radical (unpaired) electrons. The van der Waals surface area contributed by atoms with Gasteiger partial charge in [0.25, 0.3) is 0 Å². The van der Waals surface area contributed by atoms with Crippen LogP contribution in [0, 0.1) is 11.8 Å². The SMILES string of the molecule is COC[C@@H]1[C@@H](CCO)[C@@H](O)C[C@H]1O.